The molecule has 0 aliphatic heterocycles. The van der Waals surface area contributed by atoms with E-state index in [0.717, 1.165) is 16.9 Å². The molecule has 1 aromatic carbocycles. The number of thioether (sulfide) groups is 1. The van der Waals surface area contributed by atoms with Gasteiger partial charge in [0, 0.05) is 16.5 Å². The minimum atomic E-state index is 0.416. The van der Waals surface area contributed by atoms with Gasteiger partial charge in [0.25, 0.3) is 0 Å². The molecular weight excluding hydrogens is 208 g/mol. The molecule has 0 spiro atoms. The number of aromatic nitrogens is 1. The molecule has 1 aromatic heterocycles. The molecule has 0 saturated carbocycles. The van der Waals surface area contributed by atoms with Gasteiger partial charge < -0.3 is 10.3 Å². The number of hydrogen-bond acceptors (Lipinski definition) is 4. The first-order valence-electron chi connectivity index (χ1n) is 4.58. The summed E-state index contributed by atoms with van der Waals surface area (Å²) in [7, 11) is 0. The van der Waals surface area contributed by atoms with Crippen LogP contribution in [0.25, 0.3) is 11.3 Å². The summed E-state index contributed by atoms with van der Waals surface area (Å²) in [5, 5.41) is 3.69. The molecule has 0 bridgehead atoms. The van der Waals surface area contributed by atoms with Crippen molar-refractivity contribution in [2.75, 3.05) is 12.0 Å². The zero-order chi connectivity index (χ0) is 10.8. The van der Waals surface area contributed by atoms with Crippen LogP contribution in [0.5, 0.6) is 0 Å². The Bertz CT molecular complexity index is 479. The maximum absolute atomic E-state index is 5.53. The zero-order valence-corrected chi connectivity index (χ0v) is 9.47. The fourth-order valence-electron chi connectivity index (χ4n) is 1.41. The largest absolute Gasteiger partial charge is 0.381 e. The minimum Gasteiger partial charge on any atom is -0.381 e. The number of rotatable bonds is 2. The van der Waals surface area contributed by atoms with Crippen LogP contribution in [0.1, 0.15) is 5.56 Å². The van der Waals surface area contributed by atoms with Gasteiger partial charge in [0.1, 0.15) is 0 Å². The molecule has 3 nitrogen and oxygen atoms in total. The van der Waals surface area contributed by atoms with Gasteiger partial charge in [0.15, 0.2) is 11.6 Å². The molecule has 0 fully saturated rings. The normalized spacial score (nSPS) is 10.5. The number of anilines is 1. The second kappa shape index (κ2) is 3.98. The van der Waals surface area contributed by atoms with Crippen molar-refractivity contribution in [3.63, 3.8) is 0 Å². The van der Waals surface area contributed by atoms with E-state index in [4.69, 9.17) is 10.3 Å². The molecule has 78 valence electrons. The number of aryl methyl sites for hydroxylation is 1. The summed E-state index contributed by atoms with van der Waals surface area (Å²) in [5.41, 5.74) is 7.73. The van der Waals surface area contributed by atoms with Crippen molar-refractivity contribution >= 4 is 17.6 Å². The van der Waals surface area contributed by atoms with Crippen LogP contribution in [-0.4, -0.2) is 11.4 Å². The Balaban J connectivity index is 2.51. The monoisotopic (exact) mass is 220 g/mol. The molecule has 2 N–H and O–H groups in total. The maximum Gasteiger partial charge on any atom is 0.169 e. The lowest BCUT2D eigenvalue weighted by Crippen LogP contribution is -1.82. The smallest absolute Gasteiger partial charge is 0.169 e. The number of benzene rings is 1. The SMILES string of the molecule is CSc1ccc(C)c(-c2cc(N)no2)c1. The summed E-state index contributed by atoms with van der Waals surface area (Å²) < 4.78 is 5.15. The third-order valence-corrected chi connectivity index (χ3v) is 2.96. The van der Waals surface area contributed by atoms with Crippen LogP contribution in [0.3, 0.4) is 0 Å². The van der Waals surface area contributed by atoms with Crippen molar-refractivity contribution in [1.82, 2.24) is 5.16 Å². The van der Waals surface area contributed by atoms with Crippen molar-refractivity contribution in [2.45, 2.75) is 11.8 Å². The average Bonchev–Trinajstić information content (AvgIpc) is 2.65. The predicted molar refractivity (Wildman–Crippen MR) is 62.9 cm³/mol. The highest BCUT2D eigenvalue weighted by atomic mass is 32.2. The lowest BCUT2D eigenvalue weighted by molar-refractivity contribution is 0.435. The lowest BCUT2D eigenvalue weighted by atomic mass is 10.1. The Morgan fingerprint density at radius 3 is 2.73 bits per heavy atom. The first-order valence-corrected chi connectivity index (χ1v) is 5.80. The minimum absolute atomic E-state index is 0.416. The first-order chi connectivity index (χ1) is 7.20. The molecule has 0 atom stereocenters. The van der Waals surface area contributed by atoms with Crippen molar-refractivity contribution < 1.29 is 4.52 Å². The second-order valence-corrected chi connectivity index (χ2v) is 4.18. The third-order valence-electron chi connectivity index (χ3n) is 2.24. The van der Waals surface area contributed by atoms with Gasteiger partial charge in [-0.05, 0) is 30.9 Å². The van der Waals surface area contributed by atoms with Crippen molar-refractivity contribution in [3.05, 3.63) is 29.8 Å². The zero-order valence-electron chi connectivity index (χ0n) is 8.65. The molecule has 0 aliphatic carbocycles. The van der Waals surface area contributed by atoms with E-state index >= 15 is 0 Å². The fraction of sp³-hybridized carbons (Fsp3) is 0.182. The molecule has 0 unspecified atom stereocenters. The molecule has 2 rings (SSSR count). The molecule has 2 aromatic rings. The highest BCUT2D eigenvalue weighted by molar-refractivity contribution is 7.98. The first kappa shape index (κ1) is 10.1. The molecule has 4 heteroatoms. The van der Waals surface area contributed by atoms with E-state index in [-0.39, 0.29) is 0 Å². The molecule has 0 saturated heterocycles. The summed E-state index contributed by atoms with van der Waals surface area (Å²) >= 11 is 1.70. The van der Waals surface area contributed by atoms with Crippen LogP contribution in [0.15, 0.2) is 33.7 Å². The number of nitrogens with zero attached hydrogens (tertiary/aromatic N) is 1. The van der Waals surface area contributed by atoms with Gasteiger partial charge in [-0.15, -0.1) is 11.8 Å². The molecular formula is C11H12N2OS. The van der Waals surface area contributed by atoms with Gasteiger partial charge >= 0.3 is 0 Å². The highest BCUT2D eigenvalue weighted by Crippen LogP contribution is 2.28. The van der Waals surface area contributed by atoms with E-state index in [1.54, 1.807) is 17.8 Å². The maximum atomic E-state index is 5.53. The summed E-state index contributed by atoms with van der Waals surface area (Å²) in [6, 6.07) is 7.98. The van der Waals surface area contributed by atoms with Crippen molar-refractivity contribution in [1.29, 1.82) is 0 Å². The third kappa shape index (κ3) is 1.99. The topological polar surface area (TPSA) is 52.0 Å². The second-order valence-electron chi connectivity index (χ2n) is 3.30. The average molecular weight is 220 g/mol. The van der Waals surface area contributed by atoms with Crippen LogP contribution in [-0.2, 0) is 0 Å². The Morgan fingerprint density at radius 2 is 2.13 bits per heavy atom. The van der Waals surface area contributed by atoms with E-state index in [0.29, 0.717) is 5.82 Å². The van der Waals surface area contributed by atoms with E-state index in [1.165, 1.54) is 4.90 Å². The van der Waals surface area contributed by atoms with E-state index in [9.17, 15) is 0 Å². The van der Waals surface area contributed by atoms with Gasteiger partial charge in [-0.3, -0.25) is 0 Å². The summed E-state index contributed by atoms with van der Waals surface area (Å²) in [5.74, 6) is 1.14. The summed E-state index contributed by atoms with van der Waals surface area (Å²) in [4.78, 5) is 1.20. The van der Waals surface area contributed by atoms with Gasteiger partial charge in [-0.25, -0.2) is 0 Å². The van der Waals surface area contributed by atoms with E-state index < -0.39 is 0 Å². The molecule has 15 heavy (non-hydrogen) atoms. The quantitative estimate of drug-likeness (QED) is 0.790. The molecule has 0 aliphatic rings. The van der Waals surface area contributed by atoms with Gasteiger partial charge in [-0.2, -0.15) is 0 Å². The van der Waals surface area contributed by atoms with Crippen molar-refractivity contribution in [2.24, 2.45) is 0 Å². The van der Waals surface area contributed by atoms with Crippen LogP contribution < -0.4 is 5.73 Å². The Kier molecular flexibility index (Phi) is 2.68. The van der Waals surface area contributed by atoms with Crippen LogP contribution in [0, 0.1) is 6.92 Å². The van der Waals surface area contributed by atoms with E-state index in [1.807, 2.05) is 13.2 Å². The number of nitrogens with two attached hydrogens (primary N) is 1. The van der Waals surface area contributed by atoms with Gasteiger partial charge in [0.05, 0.1) is 0 Å². The number of hydrogen-bond donors (Lipinski definition) is 1. The van der Waals surface area contributed by atoms with Crippen LogP contribution in [0.2, 0.25) is 0 Å². The molecule has 0 radical (unpaired) electrons. The summed E-state index contributed by atoms with van der Waals surface area (Å²) in [6.07, 6.45) is 2.04. The standard InChI is InChI=1S/C11H12N2OS/c1-7-3-4-8(15-2)5-9(7)10-6-11(12)13-14-10/h3-6H,1-2H3,(H2,12,13). The highest BCUT2D eigenvalue weighted by Gasteiger charge is 2.08. The number of nitrogen functional groups attached to an aromatic ring is 1. The summed E-state index contributed by atoms with van der Waals surface area (Å²) in [6.45, 7) is 2.04. The van der Waals surface area contributed by atoms with Crippen LogP contribution >= 0.6 is 11.8 Å². The van der Waals surface area contributed by atoms with Gasteiger partial charge in [-0.1, -0.05) is 11.2 Å². The Labute approximate surface area is 92.6 Å². The Morgan fingerprint density at radius 1 is 1.33 bits per heavy atom. The van der Waals surface area contributed by atoms with Gasteiger partial charge in [0.2, 0.25) is 0 Å². The molecule has 1 heterocycles. The lowest BCUT2D eigenvalue weighted by Gasteiger charge is -2.03. The Hall–Kier alpha value is -1.42. The fourth-order valence-corrected chi connectivity index (χ4v) is 1.85. The van der Waals surface area contributed by atoms with E-state index in [2.05, 4.69) is 23.4 Å². The van der Waals surface area contributed by atoms with Crippen molar-refractivity contribution in [3.8, 4) is 11.3 Å². The van der Waals surface area contributed by atoms with Crippen LogP contribution in [0.4, 0.5) is 5.82 Å². The predicted octanol–water partition coefficient (Wildman–Crippen LogP) is 2.95. The molecule has 0 amide bonds.